The number of hydrogen-bond donors (Lipinski definition) is 2. The molecular weight excluding hydrogens is 163 g/mol. The van der Waals surface area contributed by atoms with Gasteiger partial charge in [0.2, 0.25) is 5.96 Å². The first-order valence-electron chi connectivity index (χ1n) is 3.02. The molecule has 3 N–H and O–H groups in total. The van der Waals surface area contributed by atoms with E-state index in [1.165, 1.54) is 0 Å². The summed E-state index contributed by atoms with van der Waals surface area (Å²) in [5.41, 5.74) is 5.43. The molecule has 60 valence electrons. The second-order valence-electron chi connectivity index (χ2n) is 2.10. The van der Waals surface area contributed by atoms with Gasteiger partial charge in [-0.2, -0.15) is 24.4 Å². The van der Waals surface area contributed by atoms with E-state index < -0.39 is 6.09 Å². The van der Waals surface area contributed by atoms with E-state index in [1.54, 1.807) is 0 Å². The summed E-state index contributed by atoms with van der Waals surface area (Å²) in [4.78, 5) is 13.6. The Balaban J connectivity index is 2.54. The third-order valence-corrected chi connectivity index (χ3v) is 1.29. The molecule has 2 rings (SSSR count). The minimum atomic E-state index is -0.906. The molecule has 7 heteroatoms. The summed E-state index contributed by atoms with van der Waals surface area (Å²) in [6, 6.07) is 0. The molecule has 0 atom stereocenters. The first-order valence-corrected chi connectivity index (χ1v) is 3.02. The summed E-state index contributed by atoms with van der Waals surface area (Å²) in [6.07, 6.45) is -0.906. The molecule has 0 amide bonds. The number of nitrogens with one attached hydrogen (secondary N) is 1. The summed E-state index contributed by atoms with van der Waals surface area (Å²) in [6.45, 7) is 0. The van der Waals surface area contributed by atoms with Gasteiger partial charge in [0.25, 0.3) is 0 Å². The van der Waals surface area contributed by atoms with Crippen LogP contribution in [0.25, 0.3) is 0 Å². The third-order valence-electron chi connectivity index (χ3n) is 1.29. The molecule has 0 bridgehead atoms. The van der Waals surface area contributed by atoms with Crippen molar-refractivity contribution in [1.29, 1.82) is 5.41 Å². The Morgan fingerprint density at radius 2 is 1.92 bits per heavy atom. The molecule has 0 fully saturated rings. The van der Waals surface area contributed by atoms with Crippen LogP contribution in [0.3, 0.4) is 0 Å². The van der Waals surface area contributed by atoms with Crippen molar-refractivity contribution >= 4 is 29.4 Å². The van der Waals surface area contributed by atoms with Crippen LogP contribution in [-0.4, -0.2) is 29.4 Å². The lowest BCUT2D eigenvalue weighted by Gasteiger charge is -2.03. The van der Waals surface area contributed by atoms with Crippen LogP contribution in [0.5, 0.6) is 0 Å². The molecule has 0 radical (unpaired) electrons. The molecule has 0 unspecified atom stereocenters. The number of halogens is 1. The second-order valence-corrected chi connectivity index (χ2v) is 2.10. The Labute approximate surface area is 66.0 Å². The lowest BCUT2D eigenvalue weighted by atomic mass is 10.3. The van der Waals surface area contributed by atoms with Gasteiger partial charge in [-0.05, 0) is 0 Å². The smallest absolute Gasteiger partial charge is 0.311 e. The first-order chi connectivity index (χ1) is 5.66. The highest BCUT2D eigenvalue weighted by atomic mass is 19.1. The van der Waals surface area contributed by atoms with Crippen LogP contribution in [-0.2, 0) is 0 Å². The van der Waals surface area contributed by atoms with E-state index in [4.69, 9.17) is 11.1 Å². The Morgan fingerprint density at radius 1 is 1.17 bits per heavy atom. The third kappa shape index (κ3) is 0.831. The normalized spacial score (nSPS) is 20.9. The molecule has 0 aromatic rings. The fourth-order valence-electron chi connectivity index (χ4n) is 0.850. The van der Waals surface area contributed by atoms with Gasteiger partial charge in [0, 0.05) is 0 Å². The second kappa shape index (κ2) is 2.03. The first kappa shape index (κ1) is 6.77. The largest absolute Gasteiger partial charge is 0.382 e. The van der Waals surface area contributed by atoms with Gasteiger partial charge in [0.15, 0.2) is 17.4 Å². The summed E-state index contributed by atoms with van der Waals surface area (Å²) < 4.78 is 12.4. The lowest BCUT2D eigenvalue weighted by molar-refractivity contribution is 0.797. The number of rotatable bonds is 0. The van der Waals surface area contributed by atoms with Gasteiger partial charge in [0.05, 0.1) is 0 Å². The Morgan fingerprint density at radius 3 is 2.67 bits per heavy atom. The van der Waals surface area contributed by atoms with E-state index in [-0.39, 0.29) is 23.3 Å². The van der Waals surface area contributed by atoms with Crippen LogP contribution in [0, 0.1) is 5.41 Å². The van der Waals surface area contributed by atoms with Gasteiger partial charge >= 0.3 is 6.09 Å². The SMILES string of the molecule is N=C1N=C(N)C2=NC(F)=NC2=N1. The lowest BCUT2D eigenvalue weighted by Crippen LogP contribution is -2.32. The van der Waals surface area contributed by atoms with Crippen LogP contribution < -0.4 is 5.73 Å². The highest BCUT2D eigenvalue weighted by Gasteiger charge is 2.25. The summed E-state index contributed by atoms with van der Waals surface area (Å²) >= 11 is 0. The highest BCUT2D eigenvalue weighted by Crippen LogP contribution is 2.06. The minimum absolute atomic E-state index is 0.0185. The van der Waals surface area contributed by atoms with Crippen molar-refractivity contribution in [3.63, 3.8) is 0 Å². The molecule has 0 saturated heterocycles. The molecule has 0 aromatic heterocycles. The minimum Gasteiger partial charge on any atom is -0.382 e. The van der Waals surface area contributed by atoms with Crippen molar-refractivity contribution in [2.75, 3.05) is 0 Å². The zero-order valence-electron chi connectivity index (χ0n) is 5.74. The molecule has 6 nitrogen and oxygen atoms in total. The average Bonchev–Trinajstić information content (AvgIpc) is 2.29. The molecular formula is C5H3FN6. The maximum atomic E-state index is 12.4. The highest BCUT2D eigenvalue weighted by molar-refractivity contribution is 6.72. The van der Waals surface area contributed by atoms with Gasteiger partial charge < -0.3 is 5.73 Å². The van der Waals surface area contributed by atoms with Crippen LogP contribution in [0.4, 0.5) is 4.39 Å². The zero-order chi connectivity index (χ0) is 8.72. The Hall–Kier alpha value is -1.92. The van der Waals surface area contributed by atoms with Crippen molar-refractivity contribution in [3.05, 3.63) is 0 Å². The molecule has 0 saturated carbocycles. The van der Waals surface area contributed by atoms with Crippen LogP contribution >= 0.6 is 0 Å². The summed E-state index contributed by atoms with van der Waals surface area (Å²) in [7, 11) is 0. The Bertz CT molecular complexity index is 381. The standard InChI is InChI=1S/C5H3FN6/c6-4-9-1-2(7)10-5(8)12-3(1)11-4/h(H3,7,8,10). The molecule has 0 aliphatic carbocycles. The predicted octanol–water partition coefficient (Wildman–Crippen LogP) is -0.529. The van der Waals surface area contributed by atoms with Crippen molar-refractivity contribution in [2.45, 2.75) is 0 Å². The number of aliphatic imine (C=N–C) groups is 4. The van der Waals surface area contributed by atoms with Gasteiger partial charge in [-0.1, -0.05) is 0 Å². The molecule has 0 spiro atoms. The van der Waals surface area contributed by atoms with Crippen molar-refractivity contribution in [3.8, 4) is 0 Å². The predicted molar refractivity (Wildman–Crippen MR) is 42.8 cm³/mol. The number of hydrogen-bond acceptors (Lipinski definition) is 4. The number of fused-ring (bicyclic) bond motifs is 1. The zero-order valence-corrected chi connectivity index (χ0v) is 5.74. The van der Waals surface area contributed by atoms with Crippen LogP contribution in [0.2, 0.25) is 0 Å². The van der Waals surface area contributed by atoms with E-state index in [0.717, 1.165) is 0 Å². The molecule has 0 aromatic carbocycles. The molecule has 2 heterocycles. The van der Waals surface area contributed by atoms with E-state index in [0.29, 0.717) is 0 Å². The molecule has 2 aliphatic heterocycles. The maximum Gasteiger partial charge on any atom is 0.311 e. The van der Waals surface area contributed by atoms with Crippen molar-refractivity contribution in [1.82, 2.24) is 0 Å². The molecule has 2 aliphatic rings. The van der Waals surface area contributed by atoms with Crippen molar-refractivity contribution in [2.24, 2.45) is 25.7 Å². The monoisotopic (exact) mass is 166 g/mol. The number of nitrogens with two attached hydrogens (primary N) is 1. The maximum absolute atomic E-state index is 12.4. The Kier molecular flexibility index (Phi) is 1.15. The van der Waals surface area contributed by atoms with Gasteiger partial charge in [-0.25, -0.2) is 0 Å². The van der Waals surface area contributed by atoms with Gasteiger partial charge in [0.1, 0.15) is 0 Å². The molecule has 12 heavy (non-hydrogen) atoms. The van der Waals surface area contributed by atoms with E-state index >= 15 is 0 Å². The van der Waals surface area contributed by atoms with Crippen LogP contribution in [0.15, 0.2) is 20.0 Å². The van der Waals surface area contributed by atoms with Gasteiger partial charge in [-0.15, -0.1) is 0 Å². The number of amidine groups is 3. The fourth-order valence-corrected chi connectivity index (χ4v) is 0.850. The summed E-state index contributed by atoms with van der Waals surface area (Å²) in [5.74, 6) is -0.300. The van der Waals surface area contributed by atoms with E-state index in [2.05, 4.69) is 20.0 Å². The topological polar surface area (TPSA) is 99.3 Å². The number of guanidine groups is 1. The quantitative estimate of drug-likeness (QED) is 0.464. The average molecular weight is 166 g/mol. The van der Waals surface area contributed by atoms with Crippen molar-refractivity contribution < 1.29 is 4.39 Å². The fraction of sp³-hybridized carbons (Fsp3) is 0. The van der Waals surface area contributed by atoms with Gasteiger partial charge in [-0.3, -0.25) is 5.41 Å². The van der Waals surface area contributed by atoms with E-state index in [9.17, 15) is 4.39 Å². The van der Waals surface area contributed by atoms with E-state index in [1.807, 2.05) is 0 Å². The van der Waals surface area contributed by atoms with Crippen LogP contribution in [0.1, 0.15) is 0 Å². The number of nitrogens with zero attached hydrogens (tertiary/aromatic N) is 4. The summed E-state index contributed by atoms with van der Waals surface area (Å²) in [5, 5.41) is 7.03.